The van der Waals surface area contributed by atoms with Crippen LogP contribution in [0.2, 0.25) is 0 Å². The smallest absolute Gasteiger partial charge is 0.298 e. The first-order valence-electron chi connectivity index (χ1n) is 2.66. The molecule has 0 unspecified atom stereocenters. The van der Waals surface area contributed by atoms with E-state index in [0.717, 1.165) is 0 Å². The van der Waals surface area contributed by atoms with Gasteiger partial charge in [-0.3, -0.25) is 4.89 Å². The normalized spacial score (nSPS) is 8.09. The first-order valence-corrected chi connectivity index (χ1v) is 2.66. The molecule has 0 bridgehead atoms. The molecular formula is C7H5O3Y-. The molecule has 0 aliphatic heterocycles. The van der Waals surface area contributed by atoms with E-state index >= 15 is 0 Å². The summed E-state index contributed by atoms with van der Waals surface area (Å²) in [5.74, 6) is -0.756. The molecule has 1 N–H and O–H groups in total. The minimum Gasteiger partial charge on any atom is -0.298 e. The number of carbonyl (C=O) groups is 1. The average Bonchev–Trinajstić information content (AvgIpc) is 2.05. The Hall–Kier alpha value is -0.246. The zero-order valence-electron chi connectivity index (χ0n) is 5.65. The fraction of sp³-hybridized carbons (Fsp3) is 0. The first kappa shape index (κ1) is 10.8. The molecule has 0 aliphatic rings. The predicted molar refractivity (Wildman–Crippen MR) is 33.3 cm³/mol. The summed E-state index contributed by atoms with van der Waals surface area (Å²) in [6, 6.07) is 8.84. The van der Waals surface area contributed by atoms with Crippen molar-refractivity contribution in [2.75, 3.05) is 0 Å². The van der Waals surface area contributed by atoms with E-state index in [0.29, 0.717) is 5.56 Å². The van der Waals surface area contributed by atoms with Gasteiger partial charge in [0.1, 0.15) is 0 Å². The molecule has 0 amide bonds. The second-order valence-electron chi connectivity index (χ2n) is 1.67. The van der Waals surface area contributed by atoms with E-state index in [2.05, 4.69) is 11.0 Å². The fourth-order valence-electron chi connectivity index (χ4n) is 0.576. The summed E-state index contributed by atoms with van der Waals surface area (Å²) in [5.41, 5.74) is 0.307. The summed E-state index contributed by atoms with van der Waals surface area (Å²) in [6.07, 6.45) is 0. The van der Waals surface area contributed by atoms with Gasteiger partial charge in [0.2, 0.25) is 0 Å². The Balaban J connectivity index is 0.000001000. The summed E-state index contributed by atoms with van der Waals surface area (Å²) in [7, 11) is 0. The van der Waals surface area contributed by atoms with Gasteiger partial charge in [0.25, 0.3) is 0 Å². The van der Waals surface area contributed by atoms with E-state index in [-0.39, 0.29) is 32.7 Å². The largest absolute Gasteiger partial charge is 0.349 e. The van der Waals surface area contributed by atoms with E-state index in [1.807, 2.05) is 0 Å². The number of carbonyl (C=O) groups excluding carboxylic acids is 1. The summed E-state index contributed by atoms with van der Waals surface area (Å²) < 4.78 is 0. The molecule has 0 saturated carbocycles. The Bertz CT molecular complexity index is 222. The van der Waals surface area contributed by atoms with E-state index < -0.39 is 5.97 Å². The Labute approximate surface area is 89.2 Å². The molecule has 1 aromatic carbocycles. The van der Waals surface area contributed by atoms with Crippen molar-refractivity contribution >= 4 is 5.97 Å². The van der Waals surface area contributed by atoms with Gasteiger partial charge in [-0.05, 0) is 5.56 Å². The predicted octanol–water partition coefficient (Wildman–Crippen LogP) is 1.11. The third kappa shape index (κ3) is 3.10. The number of rotatable bonds is 1. The van der Waals surface area contributed by atoms with Crippen LogP contribution in [0.15, 0.2) is 24.3 Å². The van der Waals surface area contributed by atoms with Crippen LogP contribution in [0.5, 0.6) is 0 Å². The van der Waals surface area contributed by atoms with Gasteiger partial charge in [-0.15, -0.1) is 0 Å². The van der Waals surface area contributed by atoms with Crippen molar-refractivity contribution < 1.29 is 47.6 Å². The monoisotopic (exact) mass is 226 g/mol. The zero-order valence-corrected chi connectivity index (χ0v) is 8.49. The van der Waals surface area contributed by atoms with Crippen LogP contribution in [0.25, 0.3) is 0 Å². The summed E-state index contributed by atoms with van der Waals surface area (Å²) in [6.45, 7) is 0. The van der Waals surface area contributed by atoms with Crippen molar-refractivity contribution in [2.24, 2.45) is 0 Å². The molecule has 1 radical (unpaired) electrons. The van der Waals surface area contributed by atoms with Crippen molar-refractivity contribution in [1.29, 1.82) is 0 Å². The molecule has 11 heavy (non-hydrogen) atoms. The van der Waals surface area contributed by atoms with Gasteiger partial charge in [-0.2, -0.15) is 35.6 Å². The van der Waals surface area contributed by atoms with Gasteiger partial charge in [-0.1, -0.05) is 0 Å². The second-order valence-corrected chi connectivity index (χ2v) is 1.67. The Morgan fingerprint density at radius 2 is 2.00 bits per heavy atom. The minimum atomic E-state index is -0.756. The molecule has 1 rings (SSSR count). The third-order valence-electron chi connectivity index (χ3n) is 1.04. The summed E-state index contributed by atoms with van der Waals surface area (Å²) in [4.78, 5) is 14.0. The molecule has 1 aromatic rings. The molecule has 0 aliphatic carbocycles. The van der Waals surface area contributed by atoms with Crippen molar-refractivity contribution in [1.82, 2.24) is 0 Å². The van der Waals surface area contributed by atoms with E-state index in [1.54, 1.807) is 12.1 Å². The molecule has 55 valence electrons. The topological polar surface area (TPSA) is 46.5 Å². The van der Waals surface area contributed by atoms with Crippen molar-refractivity contribution in [2.45, 2.75) is 0 Å². The maximum Gasteiger partial charge on any atom is 0.349 e. The van der Waals surface area contributed by atoms with Crippen molar-refractivity contribution in [3.8, 4) is 0 Å². The van der Waals surface area contributed by atoms with Gasteiger partial charge in [0.05, 0.1) is 0 Å². The van der Waals surface area contributed by atoms with Gasteiger partial charge in [0.15, 0.2) is 0 Å². The Morgan fingerprint density at radius 1 is 1.45 bits per heavy atom. The standard InChI is InChI=1S/C7H5O3.Y/c8-7(10-9)6-4-2-1-3-5-6;/h2-5,9H;/q-1;. The number of benzene rings is 1. The maximum absolute atomic E-state index is 10.5. The van der Waals surface area contributed by atoms with Crippen molar-refractivity contribution in [3.05, 3.63) is 35.9 Å². The number of hydrogen-bond acceptors (Lipinski definition) is 3. The van der Waals surface area contributed by atoms with E-state index in [9.17, 15) is 4.79 Å². The SMILES string of the molecule is O=C(OO)c1cc[c-]cc1.[Y]. The van der Waals surface area contributed by atoms with Crippen LogP contribution in [0, 0.1) is 6.07 Å². The Morgan fingerprint density at radius 3 is 2.45 bits per heavy atom. The molecular weight excluding hydrogens is 221 g/mol. The molecule has 0 atom stereocenters. The minimum absolute atomic E-state index is 0. The zero-order chi connectivity index (χ0) is 7.40. The van der Waals surface area contributed by atoms with E-state index in [1.165, 1.54) is 12.1 Å². The first-order chi connectivity index (χ1) is 4.84. The molecule has 0 heterocycles. The molecule has 3 nitrogen and oxygen atoms in total. The molecule has 0 spiro atoms. The summed E-state index contributed by atoms with van der Waals surface area (Å²) >= 11 is 0. The molecule has 4 heteroatoms. The van der Waals surface area contributed by atoms with Crippen LogP contribution in [0.3, 0.4) is 0 Å². The van der Waals surface area contributed by atoms with Gasteiger partial charge < -0.3 is 0 Å². The third-order valence-corrected chi connectivity index (χ3v) is 1.04. The summed E-state index contributed by atoms with van der Waals surface area (Å²) in [5, 5.41) is 7.93. The van der Waals surface area contributed by atoms with Gasteiger partial charge in [-0.25, -0.2) is 4.79 Å². The Kier molecular flexibility index (Phi) is 5.29. The molecule has 0 aromatic heterocycles. The van der Waals surface area contributed by atoms with Crippen LogP contribution in [0.1, 0.15) is 10.4 Å². The quantitative estimate of drug-likeness (QED) is 0.443. The van der Waals surface area contributed by atoms with Crippen LogP contribution < -0.4 is 0 Å². The second kappa shape index (κ2) is 5.41. The van der Waals surface area contributed by atoms with Crippen LogP contribution >= 0.6 is 0 Å². The van der Waals surface area contributed by atoms with Gasteiger partial charge >= 0.3 is 5.97 Å². The van der Waals surface area contributed by atoms with Crippen LogP contribution in [-0.4, -0.2) is 11.2 Å². The average molecular weight is 226 g/mol. The fourth-order valence-corrected chi connectivity index (χ4v) is 0.576. The maximum atomic E-state index is 10.5. The molecule has 0 fully saturated rings. The van der Waals surface area contributed by atoms with Crippen molar-refractivity contribution in [3.63, 3.8) is 0 Å². The number of hydrogen-bond donors (Lipinski definition) is 1. The van der Waals surface area contributed by atoms with Crippen LogP contribution in [-0.2, 0) is 37.6 Å². The van der Waals surface area contributed by atoms with Gasteiger partial charge in [0, 0.05) is 32.7 Å². The van der Waals surface area contributed by atoms with Crippen LogP contribution in [0.4, 0.5) is 0 Å². The van der Waals surface area contributed by atoms with E-state index in [4.69, 9.17) is 5.26 Å². The molecule has 0 saturated heterocycles.